The van der Waals surface area contributed by atoms with Gasteiger partial charge >= 0.3 is 0 Å². The molecular formula is C17H14FN3. The van der Waals surface area contributed by atoms with Gasteiger partial charge < -0.3 is 5.73 Å². The van der Waals surface area contributed by atoms with Gasteiger partial charge in [0.2, 0.25) is 5.95 Å². The first kappa shape index (κ1) is 12.3. The molecule has 0 radical (unpaired) electrons. The third kappa shape index (κ3) is 2.13. The van der Waals surface area contributed by atoms with Crippen molar-refractivity contribution in [2.24, 2.45) is 0 Å². The molecule has 0 amide bonds. The Morgan fingerprint density at radius 3 is 2.52 bits per heavy atom. The number of fused-ring (bicyclic) bond motifs is 1. The van der Waals surface area contributed by atoms with Gasteiger partial charge in [-0.3, -0.25) is 0 Å². The lowest BCUT2D eigenvalue weighted by molar-refractivity contribution is 0.640. The standard InChI is InChI=1S/C17H14FN3/c18-14-8-7-13(11-3-1-2-4-12(11)14)16-9-15(10-5-6-10)20-17(19)21-16/h1-4,7-10H,5-6H2,(H2,19,20,21). The topological polar surface area (TPSA) is 51.8 Å². The van der Waals surface area contributed by atoms with Crippen LogP contribution in [0.4, 0.5) is 10.3 Å². The largest absolute Gasteiger partial charge is 0.368 e. The molecule has 1 aliphatic carbocycles. The second-order valence-corrected chi connectivity index (χ2v) is 5.45. The second kappa shape index (κ2) is 4.52. The van der Waals surface area contributed by atoms with E-state index in [4.69, 9.17) is 5.73 Å². The maximum atomic E-state index is 13.9. The van der Waals surface area contributed by atoms with Crippen LogP contribution in [0.15, 0.2) is 42.5 Å². The van der Waals surface area contributed by atoms with E-state index in [0.29, 0.717) is 11.3 Å². The normalized spacial score (nSPS) is 14.5. The average Bonchev–Trinajstić information content (AvgIpc) is 3.32. The van der Waals surface area contributed by atoms with Crippen LogP contribution in [0.2, 0.25) is 0 Å². The Morgan fingerprint density at radius 1 is 1.00 bits per heavy atom. The lowest BCUT2D eigenvalue weighted by Gasteiger charge is -2.09. The highest BCUT2D eigenvalue weighted by Gasteiger charge is 2.26. The molecule has 0 bridgehead atoms. The Kier molecular flexibility index (Phi) is 2.64. The first-order chi connectivity index (χ1) is 10.2. The fourth-order valence-corrected chi connectivity index (χ4v) is 2.70. The molecule has 4 rings (SSSR count). The van der Waals surface area contributed by atoms with Crippen LogP contribution in [-0.4, -0.2) is 9.97 Å². The predicted molar refractivity (Wildman–Crippen MR) is 81.3 cm³/mol. The Labute approximate surface area is 121 Å². The lowest BCUT2D eigenvalue weighted by atomic mass is 10.0. The third-order valence-electron chi connectivity index (χ3n) is 3.91. The molecule has 1 fully saturated rings. The molecule has 4 heteroatoms. The maximum absolute atomic E-state index is 13.9. The number of nitrogens with two attached hydrogens (primary N) is 1. The number of nitrogens with zero attached hydrogens (tertiary/aromatic N) is 2. The average molecular weight is 279 g/mol. The second-order valence-electron chi connectivity index (χ2n) is 5.45. The van der Waals surface area contributed by atoms with E-state index in [9.17, 15) is 4.39 Å². The highest BCUT2D eigenvalue weighted by Crippen LogP contribution is 2.40. The van der Waals surface area contributed by atoms with Crippen molar-refractivity contribution >= 4 is 16.7 Å². The van der Waals surface area contributed by atoms with Gasteiger partial charge in [0, 0.05) is 22.6 Å². The monoisotopic (exact) mass is 279 g/mol. The summed E-state index contributed by atoms with van der Waals surface area (Å²) in [5.74, 6) is 0.558. The Morgan fingerprint density at radius 2 is 1.76 bits per heavy atom. The summed E-state index contributed by atoms with van der Waals surface area (Å²) in [7, 11) is 0. The zero-order chi connectivity index (χ0) is 14.4. The predicted octanol–water partition coefficient (Wildman–Crippen LogP) is 3.90. The molecule has 0 spiro atoms. The quantitative estimate of drug-likeness (QED) is 0.774. The third-order valence-corrected chi connectivity index (χ3v) is 3.91. The lowest BCUT2D eigenvalue weighted by Crippen LogP contribution is -2.00. The van der Waals surface area contributed by atoms with Crippen LogP contribution in [0.5, 0.6) is 0 Å². The minimum Gasteiger partial charge on any atom is -0.368 e. The van der Waals surface area contributed by atoms with Crippen LogP contribution in [0.3, 0.4) is 0 Å². The van der Waals surface area contributed by atoms with Gasteiger partial charge in [-0.25, -0.2) is 14.4 Å². The number of aromatic nitrogens is 2. The number of hydrogen-bond acceptors (Lipinski definition) is 3. The molecule has 104 valence electrons. The number of hydrogen-bond donors (Lipinski definition) is 1. The Bertz CT molecular complexity index is 841. The number of nitrogen functional groups attached to an aromatic ring is 1. The van der Waals surface area contributed by atoms with Crippen molar-refractivity contribution in [3.63, 3.8) is 0 Å². The SMILES string of the molecule is Nc1nc(-c2ccc(F)c3ccccc23)cc(C2CC2)n1. The van der Waals surface area contributed by atoms with Crippen molar-refractivity contribution < 1.29 is 4.39 Å². The maximum Gasteiger partial charge on any atom is 0.220 e. The summed E-state index contributed by atoms with van der Waals surface area (Å²) >= 11 is 0. The zero-order valence-electron chi connectivity index (χ0n) is 11.4. The van der Waals surface area contributed by atoms with Crippen LogP contribution >= 0.6 is 0 Å². The Balaban J connectivity index is 1.96. The van der Waals surface area contributed by atoms with Crippen LogP contribution < -0.4 is 5.73 Å². The summed E-state index contributed by atoms with van der Waals surface area (Å²) in [5, 5.41) is 1.44. The molecule has 3 aromatic rings. The van der Waals surface area contributed by atoms with E-state index in [-0.39, 0.29) is 11.8 Å². The van der Waals surface area contributed by atoms with Crippen molar-refractivity contribution in [1.29, 1.82) is 0 Å². The molecule has 21 heavy (non-hydrogen) atoms. The van der Waals surface area contributed by atoms with E-state index in [1.54, 1.807) is 12.1 Å². The highest BCUT2D eigenvalue weighted by molar-refractivity contribution is 5.96. The molecule has 0 saturated heterocycles. The summed E-state index contributed by atoms with van der Waals surface area (Å²) in [6.07, 6.45) is 2.31. The molecule has 1 heterocycles. The first-order valence-electron chi connectivity index (χ1n) is 7.04. The summed E-state index contributed by atoms with van der Waals surface area (Å²) in [6.45, 7) is 0. The molecule has 2 N–H and O–H groups in total. The number of benzene rings is 2. The van der Waals surface area contributed by atoms with E-state index in [2.05, 4.69) is 9.97 Å². The van der Waals surface area contributed by atoms with Crippen molar-refractivity contribution in [2.75, 3.05) is 5.73 Å². The molecular weight excluding hydrogens is 265 g/mol. The number of rotatable bonds is 2. The van der Waals surface area contributed by atoms with E-state index in [0.717, 1.165) is 35.2 Å². The Hall–Kier alpha value is -2.49. The van der Waals surface area contributed by atoms with Crippen LogP contribution in [0, 0.1) is 5.82 Å². The van der Waals surface area contributed by atoms with Crippen LogP contribution in [0.1, 0.15) is 24.5 Å². The van der Waals surface area contributed by atoms with Crippen molar-refractivity contribution in [3.05, 3.63) is 54.0 Å². The summed E-state index contributed by atoms with van der Waals surface area (Å²) in [4.78, 5) is 8.65. The summed E-state index contributed by atoms with van der Waals surface area (Å²) in [6, 6.07) is 12.6. The van der Waals surface area contributed by atoms with Gasteiger partial charge in [-0.15, -0.1) is 0 Å². The van der Waals surface area contributed by atoms with Crippen molar-refractivity contribution in [2.45, 2.75) is 18.8 Å². The van der Waals surface area contributed by atoms with Gasteiger partial charge in [-0.05, 0) is 36.4 Å². The molecule has 1 aromatic heterocycles. The minimum absolute atomic E-state index is 0.223. The van der Waals surface area contributed by atoms with Gasteiger partial charge in [0.1, 0.15) is 5.82 Å². The van der Waals surface area contributed by atoms with Crippen LogP contribution in [0.25, 0.3) is 22.0 Å². The van der Waals surface area contributed by atoms with E-state index in [1.165, 1.54) is 6.07 Å². The highest BCUT2D eigenvalue weighted by atomic mass is 19.1. The van der Waals surface area contributed by atoms with Gasteiger partial charge in [-0.1, -0.05) is 24.3 Å². The van der Waals surface area contributed by atoms with Gasteiger partial charge in [0.25, 0.3) is 0 Å². The van der Waals surface area contributed by atoms with Gasteiger partial charge in [0.15, 0.2) is 0 Å². The van der Waals surface area contributed by atoms with Crippen LogP contribution in [-0.2, 0) is 0 Å². The molecule has 0 aliphatic heterocycles. The molecule has 1 saturated carbocycles. The fourth-order valence-electron chi connectivity index (χ4n) is 2.70. The van der Waals surface area contributed by atoms with E-state index >= 15 is 0 Å². The van der Waals surface area contributed by atoms with E-state index < -0.39 is 0 Å². The van der Waals surface area contributed by atoms with Gasteiger partial charge in [0.05, 0.1) is 5.69 Å². The molecule has 0 unspecified atom stereocenters. The first-order valence-corrected chi connectivity index (χ1v) is 7.04. The van der Waals surface area contributed by atoms with E-state index in [1.807, 2.05) is 24.3 Å². The van der Waals surface area contributed by atoms with Crippen molar-refractivity contribution in [3.8, 4) is 11.3 Å². The fraction of sp³-hybridized carbons (Fsp3) is 0.176. The van der Waals surface area contributed by atoms with Gasteiger partial charge in [-0.2, -0.15) is 0 Å². The smallest absolute Gasteiger partial charge is 0.220 e. The molecule has 1 aliphatic rings. The minimum atomic E-state index is -0.223. The van der Waals surface area contributed by atoms with Crippen molar-refractivity contribution in [1.82, 2.24) is 9.97 Å². The number of halogens is 1. The number of anilines is 1. The molecule has 3 nitrogen and oxygen atoms in total. The summed E-state index contributed by atoms with van der Waals surface area (Å²) in [5.41, 5.74) is 8.49. The molecule has 2 aromatic carbocycles. The molecule has 0 atom stereocenters. The summed E-state index contributed by atoms with van der Waals surface area (Å²) < 4.78 is 13.9. The zero-order valence-corrected chi connectivity index (χ0v) is 11.4.